The van der Waals surface area contributed by atoms with E-state index in [0.717, 1.165) is 17.4 Å². The van der Waals surface area contributed by atoms with E-state index in [0.29, 0.717) is 6.54 Å². The van der Waals surface area contributed by atoms with Crippen LogP contribution >= 0.6 is 0 Å². The molecule has 136 valence electrons. The molecule has 25 heavy (non-hydrogen) atoms. The van der Waals surface area contributed by atoms with Gasteiger partial charge in [-0.2, -0.15) is 18.2 Å². The van der Waals surface area contributed by atoms with Gasteiger partial charge in [-0.05, 0) is 31.4 Å². The highest BCUT2D eigenvalue weighted by Crippen LogP contribution is 2.37. The molecule has 0 aliphatic heterocycles. The Balaban J connectivity index is 2.54. The number of para-hydroxylation sites is 1. The summed E-state index contributed by atoms with van der Waals surface area (Å²) in [5.41, 5.74) is 0.985. The van der Waals surface area contributed by atoms with E-state index >= 15 is 0 Å². The topological polar surface area (TPSA) is 38.2 Å². The molecule has 0 spiro atoms. The number of benzene rings is 1. The summed E-state index contributed by atoms with van der Waals surface area (Å²) in [6.45, 7) is 8.25. The van der Waals surface area contributed by atoms with Crippen LogP contribution in [0.25, 0.3) is 0 Å². The Morgan fingerprint density at radius 3 is 2.40 bits per heavy atom. The smallest absolute Gasteiger partial charge is 0.423 e. The second-order valence-electron chi connectivity index (χ2n) is 5.78. The molecule has 0 bridgehead atoms. The lowest BCUT2D eigenvalue weighted by Gasteiger charge is -2.26. The number of aromatic nitrogens is 2. The first kappa shape index (κ1) is 19.0. The van der Waals surface area contributed by atoms with E-state index < -0.39 is 17.6 Å². The van der Waals surface area contributed by atoms with Gasteiger partial charge >= 0.3 is 6.18 Å². The maximum atomic E-state index is 13.1. The van der Waals surface area contributed by atoms with E-state index in [-0.39, 0.29) is 18.5 Å². The molecule has 0 aliphatic rings. The van der Waals surface area contributed by atoms with Crippen molar-refractivity contribution in [1.29, 1.82) is 0 Å². The maximum Gasteiger partial charge on any atom is 0.423 e. The van der Waals surface area contributed by atoms with E-state index in [2.05, 4.69) is 23.8 Å². The highest BCUT2D eigenvalue weighted by molar-refractivity contribution is 5.63. The summed E-state index contributed by atoms with van der Waals surface area (Å²) in [7, 11) is 0. The van der Waals surface area contributed by atoms with Crippen molar-refractivity contribution >= 4 is 11.6 Å². The molecule has 1 heterocycles. The van der Waals surface area contributed by atoms with Gasteiger partial charge in [0.2, 0.25) is 11.8 Å². The van der Waals surface area contributed by atoms with Crippen LogP contribution in [-0.4, -0.2) is 23.1 Å². The Hall–Kier alpha value is -2.31. The van der Waals surface area contributed by atoms with Gasteiger partial charge < -0.3 is 9.64 Å². The lowest BCUT2D eigenvalue weighted by atomic mass is 10.0. The maximum absolute atomic E-state index is 13.1. The molecule has 0 amide bonds. The quantitative estimate of drug-likeness (QED) is 0.718. The molecule has 0 fully saturated rings. The van der Waals surface area contributed by atoms with Gasteiger partial charge in [-0.25, -0.2) is 4.98 Å². The third-order valence-electron chi connectivity index (χ3n) is 3.73. The van der Waals surface area contributed by atoms with Crippen molar-refractivity contribution < 1.29 is 17.9 Å². The molecule has 1 aromatic heterocycles. The van der Waals surface area contributed by atoms with Gasteiger partial charge in [-0.15, -0.1) is 0 Å². The fourth-order valence-corrected chi connectivity index (χ4v) is 2.57. The van der Waals surface area contributed by atoms with Crippen molar-refractivity contribution in [2.45, 2.75) is 39.8 Å². The van der Waals surface area contributed by atoms with Crippen LogP contribution in [0.3, 0.4) is 0 Å². The zero-order chi connectivity index (χ0) is 18.6. The molecule has 7 heteroatoms. The summed E-state index contributed by atoms with van der Waals surface area (Å²) >= 11 is 0. The van der Waals surface area contributed by atoms with Crippen LogP contribution in [0.15, 0.2) is 30.5 Å². The molecule has 4 nitrogen and oxygen atoms in total. The molecule has 0 unspecified atom stereocenters. The second-order valence-corrected chi connectivity index (χ2v) is 5.78. The van der Waals surface area contributed by atoms with E-state index in [4.69, 9.17) is 4.74 Å². The average molecular weight is 353 g/mol. The molecule has 0 N–H and O–H groups in total. The minimum absolute atomic E-state index is 0.0915. The van der Waals surface area contributed by atoms with Crippen LogP contribution < -0.4 is 9.64 Å². The van der Waals surface area contributed by atoms with Crippen LogP contribution in [0.4, 0.5) is 24.8 Å². The number of alkyl halides is 3. The van der Waals surface area contributed by atoms with Gasteiger partial charge in [0.1, 0.15) is 5.56 Å². The van der Waals surface area contributed by atoms with Gasteiger partial charge in [0.25, 0.3) is 0 Å². The van der Waals surface area contributed by atoms with Crippen molar-refractivity contribution in [2.75, 3.05) is 18.1 Å². The summed E-state index contributed by atoms with van der Waals surface area (Å²) in [4.78, 5) is 9.79. The molecule has 2 aromatic rings. The monoisotopic (exact) mass is 353 g/mol. The van der Waals surface area contributed by atoms with E-state index in [1.54, 1.807) is 11.8 Å². The fraction of sp³-hybridized carbons (Fsp3) is 0.444. The number of ether oxygens (including phenoxy) is 1. The molecule has 0 atom stereocenters. The highest BCUT2D eigenvalue weighted by atomic mass is 19.4. The Kier molecular flexibility index (Phi) is 5.87. The number of halogens is 3. The van der Waals surface area contributed by atoms with Crippen LogP contribution in [0.5, 0.6) is 5.88 Å². The van der Waals surface area contributed by atoms with Crippen molar-refractivity contribution in [3.05, 3.63) is 41.6 Å². The largest absolute Gasteiger partial charge is 0.477 e. The normalized spacial score (nSPS) is 11.7. The second kappa shape index (κ2) is 7.72. The number of anilines is 2. The summed E-state index contributed by atoms with van der Waals surface area (Å²) in [6.07, 6.45) is -3.77. The Bertz CT molecular complexity index is 717. The SMILES string of the molecule is CCOc1nc(N(CC)c2ccccc2C(C)C)ncc1C(F)(F)F. The van der Waals surface area contributed by atoms with Gasteiger partial charge in [0.15, 0.2) is 0 Å². The number of nitrogens with zero attached hydrogens (tertiary/aromatic N) is 3. The predicted octanol–water partition coefficient (Wildman–Crippen LogP) is 5.18. The predicted molar refractivity (Wildman–Crippen MR) is 91.4 cm³/mol. The van der Waals surface area contributed by atoms with Gasteiger partial charge in [0.05, 0.1) is 6.61 Å². The molecule has 0 saturated heterocycles. The van der Waals surface area contributed by atoms with Gasteiger partial charge in [-0.3, -0.25) is 0 Å². The van der Waals surface area contributed by atoms with E-state index in [1.807, 2.05) is 31.2 Å². The van der Waals surface area contributed by atoms with Crippen LogP contribution in [-0.2, 0) is 6.18 Å². The highest BCUT2D eigenvalue weighted by Gasteiger charge is 2.36. The summed E-state index contributed by atoms with van der Waals surface area (Å²) < 4.78 is 44.4. The summed E-state index contributed by atoms with van der Waals surface area (Å²) in [5, 5.41) is 0. The van der Waals surface area contributed by atoms with Gasteiger partial charge in [0, 0.05) is 18.4 Å². The Labute approximate surface area is 145 Å². The van der Waals surface area contributed by atoms with Crippen molar-refractivity contribution in [3.8, 4) is 5.88 Å². The minimum atomic E-state index is -4.56. The number of hydrogen-bond donors (Lipinski definition) is 0. The molecular weight excluding hydrogens is 331 g/mol. The van der Waals surface area contributed by atoms with Crippen LogP contribution in [0, 0.1) is 0 Å². The molecule has 2 rings (SSSR count). The zero-order valence-corrected chi connectivity index (χ0v) is 14.8. The Morgan fingerprint density at radius 1 is 1.16 bits per heavy atom. The summed E-state index contributed by atoms with van der Waals surface area (Å²) in [6, 6.07) is 7.74. The van der Waals surface area contributed by atoms with E-state index in [1.165, 1.54) is 0 Å². The first-order chi connectivity index (χ1) is 11.8. The molecule has 0 saturated carbocycles. The number of rotatable bonds is 6. The lowest BCUT2D eigenvalue weighted by molar-refractivity contribution is -0.139. The van der Waals surface area contributed by atoms with Crippen molar-refractivity contribution in [2.24, 2.45) is 0 Å². The van der Waals surface area contributed by atoms with E-state index in [9.17, 15) is 13.2 Å². The van der Waals surface area contributed by atoms with Crippen molar-refractivity contribution in [3.63, 3.8) is 0 Å². The number of hydrogen-bond acceptors (Lipinski definition) is 4. The third kappa shape index (κ3) is 4.21. The van der Waals surface area contributed by atoms with Crippen LogP contribution in [0.2, 0.25) is 0 Å². The van der Waals surface area contributed by atoms with Gasteiger partial charge in [-0.1, -0.05) is 32.0 Å². The Morgan fingerprint density at radius 2 is 1.84 bits per heavy atom. The fourth-order valence-electron chi connectivity index (χ4n) is 2.57. The van der Waals surface area contributed by atoms with Crippen LogP contribution in [0.1, 0.15) is 44.7 Å². The zero-order valence-electron chi connectivity index (χ0n) is 14.8. The first-order valence-corrected chi connectivity index (χ1v) is 8.23. The lowest BCUT2D eigenvalue weighted by Crippen LogP contribution is -2.22. The average Bonchev–Trinajstić information content (AvgIpc) is 2.55. The first-order valence-electron chi connectivity index (χ1n) is 8.23. The minimum Gasteiger partial charge on any atom is -0.477 e. The van der Waals surface area contributed by atoms with Crippen molar-refractivity contribution in [1.82, 2.24) is 9.97 Å². The standard InChI is InChI=1S/C18H22F3N3O/c1-5-24(15-10-8-7-9-13(15)12(3)4)17-22-11-14(18(19,20)21)16(23-17)25-6-2/h7-12H,5-6H2,1-4H3. The molecule has 1 aromatic carbocycles. The molecular formula is C18H22F3N3O. The molecule has 0 aliphatic carbocycles. The third-order valence-corrected chi connectivity index (χ3v) is 3.73. The summed E-state index contributed by atoms with van der Waals surface area (Å²) in [5.74, 6) is -0.00131. The molecule has 0 radical (unpaired) electrons.